The molecule has 0 bridgehead atoms. The molecule has 2 fully saturated rings. The Morgan fingerprint density at radius 1 is 1.28 bits per heavy atom. The van der Waals surface area contributed by atoms with Crippen LogP contribution in [0.25, 0.3) is 0 Å². The highest BCUT2D eigenvalue weighted by Gasteiger charge is 2.39. The molecule has 0 radical (unpaired) electrons. The Morgan fingerprint density at radius 3 is 2.56 bits per heavy atom. The van der Waals surface area contributed by atoms with E-state index in [4.69, 9.17) is 0 Å². The zero-order valence-electron chi connectivity index (χ0n) is 12.7. The quantitative estimate of drug-likeness (QED) is 0.849. The van der Waals surface area contributed by atoms with Gasteiger partial charge in [-0.3, -0.25) is 4.90 Å². The van der Waals surface area contributed by atoms with Gasteiger partial charge < -0.3 is 5.32 Å². The van der Waals surface area contributed by atoms with Gasteiger partial charge in [0.05, 0.1) is 0 Å². The van der Waals surface area contributed by atoms with Gasteiger partial charge in [0.15, 0.2) is 0 Å². The summed E-state index contributed by atoms with van der Waals surface area (Å²) in [6, 6.07) is 1.56. The molecular formula is C15H30N2S. The number of thioether (sulfide) groups is 1. The first-order chi connectivity index (χ1) is 8.43. The molecule has 18 heavy (non-hydrogen) atoms. The van der Waals surface area contributed by atoms with E-state index in [0.717, 1.165) is 29.8 Å². The van der Waals surface area contributed by atoms with Crippen LogP contribution in [0.1, 0.15) is 47.0 Å². The van der Waals surface area contributed by atoms with Crippen molar-refractivity contribution in [3.63, 3.8) is 0 Å². The molecule has 1 heterocycles. The Morgan fingerprint density at radius 2 is 2.00 bits per heavy atom. The van der Waals surface area contributed by atoms with Crippen LogP contribution in [-0.2, 0) is 0 Å². The second-order valence-electron chi connectivity index (χ2n) is 7.07. The standard InChI is InChI=1S/C15H30N2S/c1-11(2)14-9-16-15(3,4)10-17(14)12-6-7-13(8-12)18-5/h11-14,16H,6-10H2,1-5H3. The summed E-state index contributed by atoms with van der Waals surface area (Å²) in [5.41, 5.74) is 0.281. The molecule has 0 amide bonds. The highest BCUT2D eigenvalue weighted by Crippen LogP contribution is 2.35. The fourth-order valence-corrected chi connectivity index (χ4v) is 4.37. The molecule has 3 atom stereocenters. The van der Waals surface area contributed by atoms with Gasteiger partial charge in [-0.15, -0.1) is 0 Å². The molecule has 1 aliphatic heterocycles. The van der Waals surface area contributed by atoms with E-state index in [-0.39, 0.29) is 5.54 Å². The van der Waals surface area contributed by atoms with Crippen molar-refractivity contribution in [2.24, 2.45) is 5.92 Å². The number of nitrogens with zero attached hydrogens (tertiary/aromatic N) is 1. The van der Waals surface area contributed by atoms with Gasteiger partial charge in [0.25, 0.3) is 0 Å². The van der Waals surface area contributed by atoms with Gasteiger partial charge in [0.1, 0.15) is 0 Å². The van der Waals surface area contributed by atoms with E-state index in [2.05, 4.69) is 55.9 Å². The average Bonchev–Trinajstić information content (AvgIpc) is 2.75. The van der Waals surface area contributed by atoms with E-state index < -0.39 is 0 Å². The van der Waals surface area contributed by atoms with Crippen LogP contribution < -0.4 is 5.32 Å². The summed E-state index contributed by atoms with van der Waals surface area (Å²) < 4.78 is 0. The SMILES string of the molecule is CSC1CCC(N2CC(C)(C)NCC2C(C)C)C1. The average molecular weight is 270 g/mol. The lowest BCUT2D eigenvalue weighted by atomic mass is 9.91. The highest BCUT2D eigenvalue weighted by molar-refractivity contribution is 7.99. The summed E-state index contributed by atoms with van der Waals surface area (Å²) in [6.45, 7) is 11.8. The molecule has 3 heteroatoms. The van der Waals surface area contributed by atoms with Gasteiger partial charge in [-0.2, -0.15) is 11.8 Å². The molecule has 1 aliphatic carbocycles. The highest BCUT2D eigenvalue weighted by atomic mass is 32.2. The van der Waals surface area contributed by atoms with Gasteiger partial charge >= 0.3 is 0 Å². The first-order valence-corrected chi connectivity index (χ1v) is 8.75. The van der Waals surface area contributed by atoms with Crippen LogP contribution in [0.5, 0.6) is 0 Å². The molecule has 1 saturated heterocycles. The molecule has 0 aromatic rings. The maximum atomic E-state index is 3.72. The number of rotatable bonds is 3. The zero-order valence-corrected chi connectivity index (χ0v) is 13.5. The van der Waals surface area contributed by atoms with Crippen LogP contribution in [0.2, 0.25) is 0 Å². The fourth-order valence-electron chi connectivity index (χ4n) is 3.58. The lowest BCUT2D eigenvalue weighted by molar-refractivity contribution is 0.0339. The molecule has 2 aliphatic rings. The van der Waals surface area contributed by atoms with Gasteiger partial charge in [-0.25, -0.2) is 0 Å². The van der Waals surface area contributed by atoms with Crippen LogP contribution in [0.4, 0.5) is 0 Å². The molecule has 1 N–H and O–H groups in total. The summed E-state index contributed by atoms with van der Waals surface area (Å²) in [6.07, 6.45) is 6.50. The number of hydrogen-bond acceptors (Lipinski definition) is 3. The maximum absolute atomic E-state index is 3.72. The summed E-state index contributed by atoms with van der Waals surface area (Å²) in [7, 11) is 0. The zero-order chi connectivity index (χ0) is 13.3. The second kappa shape index (κ2) is 5.72. The minimum Gasteiger partial charge on any atom is -0.309 e. The minimum absolute atomic E-state index is 0.281. The Bertz CT molecular complexity index is 278. The lowest BCUT2D eigenvalue weighted by Crippen LogP contribution is -2.64. The van der Waals surface area contributed by atoms with Crippen molar-refractivity contribution in [3.8, 4) is 0 Å². The maximum Gasteiger partial charge on any atom is 0.0253 e. The van der Waals surface area contributed by atoms with Crippen molar-refractivity contribution in [3.05, 3.63) is 0 Å². The molecular weight excluding hydrogens is 240 g/mol. The molecule has 1 saturated carbocycles. The lowest BCUT2D eigenvalue weighted by Gasteiger charge is -2.49. The van der Waals surface area contributed by atoms with Crippen LogP contribution in [0.15, 0.2) is 0 Å². The van der Waals surface area contributed by atoms with Crippen molar-refractivity contribution in [2.75, 3.05) is 19.3 Å². The first kappa shape index (κ1) is 14.7. The van der Waals surface area contributed by atoms with Crippen molar-refractivity contribution >= 4 is 11.8 Å². The monoisotopic (exact) mass is 270 g/mol. The van der Waals surface area contributed by atoms with Crippen molar-refractivity contribution in [1.29, 1.82) is 0 Å². The number of hydrogen-bond donors (Lipinski definition) is 1. The fraction of sp³-hybridized carbons (Fsp3) is 1.00. The predicted molar refractivity (Wildman–Crippen MR) is 82.4 cm³/mol. The predicted octanol–water partition coefficient (Wildman–Crippen LogP) is 2.98. The van der Waals surface area contributed by atoms with Gasteiger partial charge in [0, 0.05) is 36.0 Å². The van der Waals surface area contributed by atoms with Gasteiger partial charge in [0.2, 0.25) is 0 Å². The van der Waals surface area contributed by atoms with E-state index in [1.807, 2.05) is 0 Å². The normalized spacial score (nSPS) is 37.3. The number of piperazine rings is 1. The van der Waals surface area contributed by atoms with Crippen LogP contribution >= 0.6 is 11.8 Å². The Kier molecular flexibility index (Phi) is 4.66. The van der Waals surface area contributed by atoms with Gasteiger partial charge in [-0.1, -0.05) is 13.8 Å². The molecule has 0 spiro atoms. The molecule has 0 aromatic carbocycles. The van der Waals surface area contributed by atoms with Crippen molar-refractivity contribution in [2.45, 2.75) is 69.8 Å². The first-order valence-electron chi connectivity index (χ1n) is 7.46. The largest absolute Gasteiger partial charge is 0.309 e. The topological polar surface area (TPSA) is 15.3 Å². The summed E-state index contributed by atoms with van der Waals surface area (Å²) >= 11 is 2.07. The molecule has 2 nitrogen and oxygen atoms in total. The molecule has 106 valence electrons. The van der Waals surface area contributed by atoms with Crippen LogP contribution in [-0.4, -0.2) is 47.1 Å². The van der Waals surface area contributed by atoms with Crippen LogP contribution in [0.3, 0.4) is 0 Å². The van der Waals surface area contributed by atoms with Crippen LogP contribution in [0, 0.1) is 5.92 Å². The molecule has 3 unspecified atom stereocenters. The van der Waals surface area contributed by atoms with E-state index in [0.29, 0.717) is 0 Å². The van der Waals surface area contributed by atoms with Crippen molar-refractivity contribution < 1.29 is 0 Å². The second-order valence-corrected chi connectivity index (χ2v) is 8.21. The Hall–Kier alpha value is 0.270. The van der Waals surface area contributed by atoms with E-state index in [1.165, 1.54) is 25.8 Å². The van der Waals surface area contributed by atoms with Gasteiger partial charge in [-0.05, 0) is 45.3 Å². The molecule has 0 aromatic heterocycles. The third-order valence-corrected chi connectivity index (χ3v) is 5.82. The number of nitrogens with one attached hydrogen (secondary N) is 1. The third kappa shape index (κ3) is 3.23. The summed E-state index contributed by atoms with van der Waals surface area (Å²) in [5, 5.41) is 4.63. The summed E-state index contributed by atoms with van der Waals surface area (Å²) in [5.74, 6) is 0.752. The summed E-state index contributed by atoms with van der Waals surface area (Å²) in [4.78, 5) is 2.83. The van der Waals surface area contributed by atoms with E-state index in [9.17, 15) is 0 Å². The smallest absolute Gasteiger partial charge is 0.0253 e. The minimum atomic E-state index is 0.281. The van der Waals surface area contributed by atoms with E-state index in [1.54, 1.807) is 0 Å². The Balaban J connectivity index is 2.06. The Labute approximate surface area is 117 Å². The molecule has 2 rings (SSSR count). The van der Waals surface area contributed by atoms with Crippen molar-refractivity contribution in [1.82, 2.24) is 10.2 Å². The van der Waals surface area contributed by atoms with E-state index >= 15 is 0 Å². The third-order valence-electron chi connectivity index (χ3n) is 4.72.